The number of hydrogen-bond acceptors (Lipinski definition) is 3. The molecule has 0 aliphatic carbocycles. The van der Waals surface area contributed by atoms with Crippen LogP contribution in [-0.2, 0) is 20.7 Å². The fourth-order valence-electron chi connectivity index (χ4n) is 2.87. The van der Waals surface area contributed by atoms with E-state index >= 15 is 0 Å². The number of halogens is 3. The van der Waals surface area contributed by atoms with Gasteiger partial charge in [-0.05, 0) is 0 Å². The number of amides is 2. The Morgan fingerprint density at radius 3 is 2.57 bits per heavy atom. The first-order valence-electron chi connectivity index (χ1n) is 9.00. The molecule has 5 nitrogen and oxygen atoms in total. The summed E-state index contributed by atoms with van der Waals surface area (Å²) in [6.45, 7) is 6.34. The Morgan fingerprint density at radius 2 is 1.93 bits per heavy atom. The molecule has 0 aromatic heterocycles. The van der Waals surface area contributed by atoms with Crippen LogP contribution < -0.4 is 5.32 Å². The van der Waals surface area contributed by atoms with E-state index in [1.807, 2.05) is 20.8 Å². The Hall–Kier alpha value is -1.53. The summed E-state index contributed by atoms with van der Waals surface area (Å²) in [5.74, 6) is -3.78. The number of nitrogens with zero attached hydrogens (tertiary/aromatic N) is 1. The van der Waals surface area contributed by atoms with Gasteiger partial charge in [0.1, 0.15) is 0 Å². The molecule has 28 heavy (non-hydrogen) atoms. The van der Waals surface area contributed by atoms with Gasteiger partial charge in [-0.15, -0.1) is 0 Å². The molecule has 154 valence electrons. The van der Waals surface area contributed by atoms with Crippen LogP contribution in [0.15, 0.2) is 12.1 Å². The molecule has 2 unspecified atom stereocenters. The number of hydrogen-bond donors (Lipinski definition) is 1. The van der Waals surface area contributed by atoms with E-state index in [4.69, 9.17) is 4.74 Å². The summed E-state index contributed by atoms with van der Waals surface area (Å²) in [7, 11) is 0. The average molecular weight is 460 g/mol. The average Bonchev–Trinajstić information content (AvgIpc) is 2.57. The maximum absolute atomic E-state index is 13.8. The second kappa shape index (κ2) is 9.31. The van der Waals surface area contributed by atoms with Crippen molar-refractivity contribution in [2.45, 2.75) is 50.0 Å². The Bertz CT molecular complexity index is 740. The molecule has 2 radical (unpaired) electrons. The molecule has 1 aliphatic heterocycles. The molecule has 1 aromatic carbocycles. The molecular formula is C19H24AsF3N2O3. The van der Waals surface area contributed by atoms with E-state index in [1.165, 1.54) is 4.90 Å². The summed E-state index contributed by atoms with van der Waals surface area (Å²) in [6.07, 6.45) is 0.0791. The van der Waals surface area contributed by atoms with Crippen molar-refractivity contribution in [2.75, 3.05) is 19.7 Å². The fourth-order valence-corrected chi connectivity index (χ4v) is 3.61. The summed E-state index contributed by atoms with van der Waals surface area (Å²) in [6, 6.07) is 0.574. The van der Waals surface area contributed by atoms with Gasteiger partial charge in [-0.2, -0.15) is 0 Å². The molecule has 2 amide bonds. The first kappa shape index (κ1) is 22.8. The Morgan fingerprint density at radius 1 is 1.29 bits per heavy atom. The molecule has 0 saturated carbocycles. The van der Waals surface area contributed by atoms with E-state index in [9.17, 15) is 22.8 Å². The minimum absolute atomic E-state index is 0.00123. The van der Waals surface area contributed by atoms with Crippen LogP contribution in [0.25, 0.3) is 0 Å². The number of piperazine rings is 1. The topological polar surface area (TPSA) is 58.6 Å². The van der Waals surface area contributed by atoms with Gasteiger partial charge in [0.25, 0.3) is 0 Å². The van der Waals surface area contributed by atoms with Gasteiger partial charge < -0.3 is 0 Å². The third kappa shape index (κ3) is 6.24. The van der Waals surface area contributed by atoms with Crippen LogP contribution in [0.4, 0.5) is 13.2 Å². The van der Waals surface area contributed by atoms with E-state index in [0.717, 1.165) is 6.07 Å². The normalized spacial score (nSPS) is 18.8. The van der Waals surface area contributed by atoms with Crippen LogP contribution in [0.1, 0.15) is 32.8 Å². The van der Waals surface area contributed by atoms with E-state index in [1.54, 1.807) is 0 Å². The number of nitrogens with one attached hydrogen (secondary N) is 1. The molecule has 2 rings (SSSR count). The number of ether oxygens (including phenoxy) is 1. The van der Waals surface area contributed by atoms with Gasteiger partial charge in [-0.25, -0.2) is 0 Å². The fraction of sp³-hybridized carbons (Fsp3) is 0.579. The van der Waals surface area contributed by atoms with Crippen LogP contribution in [0.2, 0.25) is 4.71 Å². The summed E-state index contributed by atoms with van der Waals surface area (Å²) < 4.78 is 45.5. The van der Waals surface area contributed by atoms with E-state index in [-0.39, 0.29) is 41.5 Å². The molecule has 1 aromatic rings. The number of carbonyl (C=O) groups excluding carboxylic acids is 2. The van der Waals surface area contributed by atoms with Crippen molar-refractivity contribution in [1.29, 1.82) is 0 Å². The minimum atomic E-state index is -1.25. The number of rotatable bonds is 6. The second-order valence-electron chi connectivity index (χ2n) is 7.74. The van der Waals surface area contributed by atoms with Crippen molar-refractivity contribution in [3.63, 3.8) is 0 Å². The Kier molecular flexibility index (Phi) is 7.57. The van der Waals surface area contributed by atoms with Gasteiger partial charge in [0.15, 0.2) is 0 Å². The molecule has 1 N–H and O–H groups in total. The Labute approximate surface area is 171 Å². The van der Waals surface area contributed by atoms with Crippen LogP contribution in [0, 0.1) is 17.5 Å². The third-order valence-corrected chi connectivity index (χ3v) is 5.05. The van der Waals surface area contributed by atoms with Crippen molar-refractivity contribution in [3.8, 4) is 0 Å². The maximum atomic E-state index is 13.8. The van der Waals surface area contributed by atoms with Crippen molar-refractivity contribution < 1.29 is 27.5 Å². The van der Waals surface area contributed by atoms with Crippen molar-refractivity contribution in [2.24, 2.45) is 0 Å². The van der Waals surface area contributed by atoms with Crippen molar-refractivity contribution in [3.05, 3.63) is 35.1 Å². The second-order valence-corrected chi connectivity index (χ2v) is 9.27. The molecule has 2 atom stereocenters. The van der Waals surface area contributed by atoms with E-state index in [2.05, 4.69) is 22.2 Å². The Balaban J connectivity index is 2.02. The predicted molar refractivity (Wildman–Crippen MR) is 98.4 cm³/mol. The van der Waals surface area contributed by atoms with E-state index < -0.39 is 29.1 Å². The summed E-state index contributed by atoms with van der Waals surface area (Å²) in [5, 5.41) is 2.72. The monoisotopic (exact) mass is 460 g/mol. The van der Waals surface area contributed by atoms with Crippen molar-refractivity contribution in [1.82, 2.24) is 10.2 Å². The van der Waals surface area contributed by atoms with Crippen LogP contribution >= 0.6 is 0 Å². The van der Waals surface area contributed by atoms with Gasteiger partial charge in [-0.1, -0.05) is 0 Å². The first-order chi connectivity index (χ1) is 13.0. The summed E-state index contributed by atoms with van der Waals surface area (Å²) >= 11 is 2.25. The summed E-state index contributed by atoms with van der Waals surface area (Å²) in [5.41, 5.74) is -0.456. The number of carbonyl (C=O) groups is 2. The molecule has 9 heteroatoms. The van der Waals surface area contributed by atoms with Gasteiger partial charge in [0, 0.05) is 0 Å². The summed E-state index contributed by atoms with van der Waals surface area (Å²) in [4.78, 5) is 26.4. The van der Waals surface area contributed by atoms with E-state index in [0.29, 0.717) is 19.2 Å². The number of benzene rings is 1. The molecule has 1 aliphatic rings. The van der Waals surface area contributed by atoms with Crippen LogP contribution in [0.5, 0.6) is 0 Å². The van der Waals surface area contributed by atoms with Gasteiger partial charge >= 0.3 is 171 Å². The zero-order chi connectivity index (χ0) is 21.1. The molecular weight excluding hydrogens is 436 g/mol. The third-order valence-electron chi connectivity index (χ3n) is 4.28. The van der Waals surface area contributed by atoms with Gasteiger partial charge in [-0.3, -0.25) is 0 Å². The quantitative estimate of drug-likeness (QED) is 0.523. The van der Waals surface area contributed by atoms with Crippen LogP contribution in [0.3, 0.4) is 0 Å². The molecule has 1 heterocycles. The first-order valence-corrected chi connectivity index (χ1v) is 10.1. The standard InChI is InChI=1S/C19H24AsF3N2O3/c1-19(2,3)28-10-16-18(27)24-4-5-25(16)17(26)8-12(20)6-11-7-14(22)15(23)9-13(11)21/h7,9,12,16H,4-6,8,10H2,1-3H3,(H,24,27). The molecule has 0 spiro atoms. The zero-order valence-electron chi connectivity index (χ0n) is 16.1. The predicted octanol–water partition coefficient (Wildman–Crippen LogP) is 2.14. The SMILES string of the molecule is CC(C)(C)OCC1C(=O)NCCN1C(=O)CC([As])Cc1cc(F)c(F)cc1F. The molecule has 0 bridgehead atoms. The van der Waals surface area contributed by atoms with Gasteiger partial charge in [0.2, 0.25) is 0 Å². The molecule has 1 saturated heterocycles. The zero-order valence-corrected chi connectivity index (χ0v) is 18.0. The van der Waals surface area contributed by atoms with Gasteiger partial charge in [0.05, 0.1) is 0 Å². The van der Waals surface area contributed by atoms with Crippen molar-refractivity contribution >= 4 is 28.7 Å². The van der Waals surface area contributed by atoms with Crippen LogP contribution in [-0.4, -0.2) is 64.9 Å². The molecule has 1 fully saturated rings.